The van der Waals surface area contributed by atoms with Gasteiger partial charge in [-0.15, -0.1) is 11.8 Å². The molecule has 0 aromatic heterocycles. The van der Waals surface area contributed by atoms with Gasteiger partial charge < -0.3 is 5.32 Å². The Hall–Kier alpha value is -1.83. The summed E-state index contributed by atoms with van der Waals surface area (Å²) in [4.78, 5) is 13.2. The average Bonchev–Trinajstić information content (AvgIpc) is 2.70. The topological polar surface area (TPSA) is 66.5 Å². The van der Waals surface area contributed by atoms with E-state index >= 15 is 0 Å². The van der Waals surface area contributed by atoms with Crippen molar-refractivity contribution in [2.24, 2.45) is 0 Å². The zero-order valence-electron chi connectivity index (χ0n) is 15.3. The fourth-order valence-electron chi connectivity index (χ4n) is 3.22. The standard InChI is InChI=1S/C20H24N2O3S2/c1-26-19-10-5-4-9-18(19)20(23)21-12-6-14-27(24,25)22-13-11-16-7-2-3-8-17(16)15-22/h2-5,7-10H,6,11-15H2,1H3,(H,21,23). The summed E-state index contributed by atoms with van der Waals surface area (Å²) in [6.07, 6.45) is 3.07. The molecule has 0 atom stereocenters. The smallest absolute Gasteiger partial charge is 0.252 e. The Morgan fingerprint density at radius 3 is 2.59 bits per heavy atom. The van der Waals surface area contributed by atoms with E-state index in [1.54, 1.807) is 10.4 Å². The van der Waals surface area contributed by atoms with Gasteiger partial charge in [-0.05, 0) is 42.4 Å². The lowest BCUT2D eigenvalue weighted by Gasteiger charge is -2.28. The lowest BCUT2D eigenvalue weighted by Crippen LogP contribution is -2.38. The SMILES string of the molecule is CSc1ccccc1C(=O)NCCCS(=O)(=O)N1CCc2ccccc2C1. The predicted molar refractivity (Wildman–Crippen MR) is 110 cm³/mol. The number of carbonyl (C=O) groups excluding carboxylic acids is 1. The third-order valence-electron chi connectivity index (χ3n) is 4.71. The Balaban J connectivity index is 1.51. The zero-order chi connectivity index (χ0) is 19.3. The van der Waals surface area contributed by atoms with E-state index in [0.717, 1.165) is 16.9 Å². The molecule has 1 N–H and O–H groups in total. The highest BCUT2D eigenvalue weighted by Crippen LogP contribution is 2.21. The van der Waals surface area contributed by atoms with Crippen molar-refractivity contribution in [2.75, 3.05) is 25.1 Å². The van der Waals surface area contributed by atoms with Crippen LogP contribution in [-0.2, 0) is 23.0 Å². The average molecular weight is 405 g/mol. The number of amides is 1. The van der Waals surface area contributed by atoms with E-state index in [2.05, 4.69) is 11.4 Å². The van der Waals surface area contributed by atoms with Gasteiger partial charge in [0, 0.05) is 24.5 Å². The first-order valence-corrected chi connectivity index (χ1v) is 11.8. The molecule has 0 unspecified atom stereocenters. The first-order valence-electron chi connectivity index (χ1n) is 8.97. The summed E-state index contributed by atoms with van der Waals surface area (Å²) >= 11 is 1.52. The number of hydrogen-bond donors (Lipinski definition) is 1. The van der Waals surface area contributed by atoms with E-state index in [-0.39, 0.29) is 11.7 Å². The minimum absolute atomic E-state index is 0.0413. The molecule has 27 heavy (non-hydrogen) atoms. The van der Waals surface area contributed by atoms with Gasteiger partial charge in [-0.25, -0.2) is 8.42 Å². The number of carbonyl (C=O) groups is 1. The normalized spacial score (nSPS) is 14.6. The maximum Gasteiger partial charge on any atom is 0.252 e. The Bertz CT molecular complexity index is 913. The maximum absolute atomic E-state index is 12.6. The maximum atomic E-state index is 12.6. The Kier molecular flexibility index (Phi) is 6.57. The summed E-state index contributed by atoms with van der Waals surface area (Å²) in [6, 6.07) is 15.4. The first kappa shape index (κ1) is 19.9. The van der Waals surface area contributed by atoms with E-state index < -0.39 is 10.0 Å². The molecule has 2 aromatic rings. The number of fused-ring (bicyclic) bond motifs is 1. The van der Waals surface area contributed by atoms with Crippen LogP contribution in [0.15, 0.2) is 53.4 Å². The van der Waals surface area contributed by atoms with Crippen LogP contribution >= 0.6 is 11.8 Å². The number of nitrogens with zero attached hydrogens (tertiary/aromatic N) is 1. The lowest BCUT2D eigenvalue weighted by atomic mass is 10.0. The molecule has 2 aromatic carbocycles. The molecule has 1 aliphatic heterocycles. The van der Waals surface area contributed by atoms with E-state index in [1.165, 1.54) is 17.3 Å². The van der Waals surface area contributed by atoms with Crippen LogP contribution in [0.2, 0.25) is 0 Å². The van der Waals surface area contributed by atoms with Gasteiger partial charge in [0.25, 0.3) is 5.91 Å². The number of sulfonamides is 1. The molecule has 3 rings (SSSR count). The lowest BCUT2D eigenvalue weighted by molar-refractivity contribution is 0.0950. The molecular weight excluding hydrogens is 380 g/mol. The number of hydrogen-bond acceptors (Lipinski definition) is 4. The Morgan fingerprint density at radius 1 is 1.11 bits per heavy atom. The van der Waals surface area contributed by atoms with Crippen molar-refractivity contribution in [3.05, 3.63) is 65.2 Å². The number of benzene rings is 2. The fourth-order valence-corrected chi connectivity index (χ4v) is 5.29. The second kappa shape index (κ2) is 8.91. The van der Waals surface area contributed by atoms with Gasteiger partial charge in [-0.2, -0.15) is 4.31 Å². The summed E-state index contributed by atoms with van der Waals surface area (Å²) in [5.41, 5.74) is 2.93. The third kappa shape index (κ3) is 4.91. The molecule has 0 bridgehead atoms. The molecule has 0 fully saturated rings. The molecule has 1 heterocycles. The molecular formula is C20H24N2O3S2. The summed E-state index contributed by atoms with van der Waals surface area (Å²) in [5, 5.41) is 2.83. The summed E-state index contributed by atoms with van der Waals surface area (Å²) in [6.45, 7) is 1.30. The third-order valence-corrected chi connectivity index (χ3v) is 7.40. The highest BCUT2D eigenvalue weighted by Gasteiger charge is 2.26. The Morgan fingerprint density at radius 2 is 1.81 bits per heavy atom. The molecule has 0 radical (unpaired) electrons. The van der Waals surface area contributed by atoms with Crippen LogP contribution in [0, 0.1) is 0 Å². The molecule has 1 amide bonds. The van der Waals surface area contributed by atoms with Gasteiger partial charge in [0.15, 0.2) is 0 Å². The van der Waals surface area contributed by atoms with Crippen molar-refractivity contribution in [3.8, 4) is 0 Å². The number of nitrogens with one attached hydrogen (secondary N) is 1. The summed E-state index contributed by atoms with van der Waals surface area (Å²) in [7, 11) is -3.32. The molecule has 0 saturated heterocycles. The number of rotatable bonds is 7. The minimum atomic E-state index is -3.32. The molecule has 144 valence electrons. The van der Waals surface area contributed by atoms with Crippen LogP contribution in [0.5, 0.6) is 0 Å². The summed E-state index contributed by atoms with van der Waals surface area (Å²) in [5.74, 6) is -0.121. The summed E-state index contributed by atoms with van der Waals surface area (Å²) < 4.78 is 26.8. The van der Waals surface area contributed by atoms with Gasteiger partial charge in [-0.3, -0.25) is 4.79 Å². The van der Waals surface area contributed by atoms with E-state index in [9.17, 15) is 13.2 Å². The van der Waals surface area contributed by atoms with E-state index in [1.807, 2.05) is 42.7 Å². The van der Waals surface area contributed by atoms with Crippen LogP contribution in [0.25, 0.3) is 0 Å². The minimum Gasteiger partial charge on any atom is -0.352 e. The van der Waals surface area contributed by atoms with Crippen LogP contribution < -0.4 is 5.32 Å². The molecule has 0 spiro atoms. The van der Waals surface area contributed by atoms with Gasteiger partial charge in [0.1, 0.15) is 0 Å². The second-order valence-electron chi connectivity index (χ2n) is 6.48. The Labute approximate surface area is 165 Å². The van der Waals surface area contributed by atoms with E-state index in [0.29, 0.717) is 31.6 Å². The highest BCUT2D eigenvalue weighted by atomic mass is 32.2. The molecule has 5 nitrogen and oxygen atoms in total. The van der Waals surface area contributed by atoms with Crippen molar-refractivity contribution < 1.29 is 13.2 Å². The quantitative estimate of drug-likeness (QED) is 0.569. The van der Waals surface area contributed by atoms with Crippen molar-refractivity contribution in [3.63, 3.8) is 0 Å². The van der Waals surface area contributed by atoms with Crippen LogP contribution in [0.1, 0.15) is 27.9 Å². The first-order chi connectivity index (χ1) is 13.0. The zero-order valence-corrected chi connectivity index (χ0v) is 17.0. The number of thioether (sulfide) groups is 1. The van der Waals surface area contributed by atoms with Crippen molar-refractivity contribution in [2.45, 2.75) is 24.3 Å². The van der Waals surface area contributed by atoms with Gasteiger partial charge in [-0.1, -0.05) is 36.4 Å². The molecule has 0 aliphatic carbocycles. The fraction of sp³-hybridized carbons (Fsp3) is 0.350. The van der Waals surface area contributed by atoms with Crippen molar-refractivity contribution in [1.82, 2.24) is 9.62 Å². The predicted octanol–water partition coefficient (Wildman–Crippen LogP) is 2.92. The molecule has 7 heteroatoms. The van der Waals surface area contributed by atoms with Gasteiger partial charge in [0.2, 0.25) is 10.0 Å². The van der Waals surface area contributed by atoms with Crippen LogP contribution in [-0.4, -0.2) is 43.7 Å². The van der Waals surface area contributed by atoms with Gasteiger partial charge >= 0.3 is 0 Å². The van der Waals surface area contributed by atoms with Crippen molar-refractivity contribution in [1.29, 1.82) is 0 Å². The second-order valence-corrected chi connectivity index (χ2v) is 9.41. The van der Waals surface area contributed by atoms with Crippen molar-refractivity contribution >= 4 is 27.7 Å². The van der Waals surface area contributed by atoms with Gasteiger partial charge in [0.05, 0.1) is 11.3 Å². The molecule has 1 aliphatic rings. The van der Waals surface area contributed by atoms with Crippen LogP contribution in [0.3, 0.4) is 0 Å². The monoisotopic (exact) mass is 404 g/mol. The van der Waals surface area contributed by atoms with E-state index in [4.69, 9.17) is 0 Å². The highest BCUT2D eigenvalue weighted by molar-refractivity contribution is 7.98. The molecule has 0 saturated carbocycles. The largest absolute Gasteiger partial charge is 0.352 e. The van der Waals surface area contributed by atoms with Crippen LogP contribution in [0.4, 0.5) is 0 Å².